The molecule has 0 spiro atoms. The van der Waals surface area contributed by atoms with Gasteiger partial charge in [-0.15, -0.1) is 0 Å². The number of benzene rings is 3. The van der Waals surface area contributed by atoms with Crippen molar-refractivity contribution in [3.05, 3.63) is 95.1 Å². The second-order valence-electron chi connectivity index (χ2n) is 6.76. The Morgan fingerprint density at radius 2 is 1.48 bits per heavy atom. The second-order valence-corrected chi connectivity index (χ2v) is 8.44. The van der Waals surface area contributed by atoms with Crippen LogP contribution in [-0.4, -0.2) is 19.5 Å². The van der Waals surface area contributed by atoms with Crippen LogP contribution in [0.25, 0.3) is 0 Å². The molecule has 2 N–H and O–H groups in total. The molecular formula is C23H23NO4S. The third kappa shape index (κ3) is 5.23. The van der Waals surface area contributed by atoms with E-state index in [2.05, 4.69) is 4.72 Å². The van der Waals surface area contributed by atoms with E-state index in [4.69, 9.17) is 0 Å². The summed E-state index contributed by atoms with van der Waals surface area (Å²) in [5.74, 6) is -0.933. The van der Waals surface area contributed by atoms with Gasteiger partial charge in [0.2, 0.25) is 0 Å². The largest absolute Gasteiger partial charge is 0.478 e. The number of aromatic carboxylic acids is 1. The summed E-state index contributed by atoms with van der Waals surface area (Å²) in [6, 6.07) is 20.9. The minimum Gasteiger partial charge on any atom is -0.478 e. The minimum absolute atomic E-state index is 0.226. The summed E-state index contributed by atoms with van der Waals surface area (Å²) in [6.07, 6.45) is 2.11. The van der Waals surface area contributed by atoms with E-state index >= 15 is 0 Å². The Morgan fingerprint density at radius 3 is 2.10 bits per heavy atom. The molecule has 5 nitrogen and oxygen atoms in total. The minimum atomic E-state index is -3.64. The topological polar surface area (TPSA) is 83.5 Å². The molecule has 0 radical (unpaired) electrons. The van der Waals surface area contributed by atoms with Crippen LogP contribution in [0.15, 0.2) is 77.7 Å². The van der Waals surface area contributed by atoms with E-state index in [9.17, 15) is 18.3 Å². The van der Waals surface area contributed by atoms with Gasteiger partial charge in [-0.2, -0.15) is 0 Å². The van der Waals surface area contributed by atoms with Gasteiger partial charge in [-0.05, 0) is 66.3 Å². The molecule has 3 rings (SSSR count). The van der Waals surface area contributed by atoms with Crippen molar-refractivity contribution in [1.82, 2.24) is 0 Å². The molecular weight excluding hydrogens is 386 g/mol. The van der Waals surface area contributed by atoms with Crippen molar-refractivity contribution in [2.24, 2.45) is 0 Å². The summed E-state index contributed by atoms with van der Waals surface area (Å²) >= 11 is 0. The summed E-state index contributed by atoms with van der Waals surface area (Å²) in [5.41, 5.74) is 3.66. The van der Waals surface area contributed by atoms with Crippen molar-refractivity contribution in [2.75, 3.05) is 4.72 Å². The van der Waals surface area contributed by atoms with E-state index in [1.807, 2.05) is 43.3 Å². The van der Waals surface area contributed by atoms with Crippen molar-refractivity contribution >= 4 is 21.7 Å². The molecule has 0 aromatic heterocycles. The van der Waals surface area contributed by atoms with E-state index in [1.54, 1.807) is 36.4 Å². The third-order valence-corrected chi connectivity index (χ3v) is 6.18. The zero-order valence-corrected chi connectivity index (χ0v) is 16.9. The first-order valence-electron chi connectivity index (χ1n) is 9.41. The van der Waals surface area contributed by atoms with Crippen LogP contribution in [-0.2, 0) is 29.3 Å². The molecule has 150 valence electrons. The predicted molar refractivity (Wildman–Crippen MR) is 114 cm³/mol. The number of anilines is 1. The number of hydrogen-bond acceptors (Lipinski definition) is 3. The van der Waals surface area contributed by atoms with Crippen LogP contribution in [0, 0.1) is 0 Å². The molecule has 6 heteroatoms. The molecule has 0 aliphatic heterocycles. The Kier molecular flexibility index (Phi) is 6.34. The lowest BCUT2D eigenvalue weighted by atomic mass is 10.00. The number of rotatable bonds is 8. The lowest BCUT2D eigenvalue weighted by Gasteiger charge is -2.10. The molecule has 0 saturated heterocycles. The van der Waals surface area contributed by atoms with Gasteiger partial charge in [0.1, 0.15) is 0 Å². The maximum absolute atomic E-state index is 12.5. The summed E-state index contributed by atoms with van der Waals surface area (Å²) < 4.78 is 27.7. The average Bonchev–Trinajstić information content (AvgIpc) is 2.73. The van der Waals surface area contributed by atoms with Crippen molar-refractivity contribution < 1.29 is 18.3 Å². The Hall–Kier alpha value is -3.12. The molecule has 0 saturated carbocycles. The number of sulfonamides is 1. The molecule has 3 aromatic rings. The highest BCUT2D eigenvalue weighted by Gasteiger charge is 2.14. The van der Waals surface area contributed by atoms with Crippen molar-refractivity contribution in [1.29, 1.82) is 0 Å². The highest BCUT2D eigenvalue weighted by Crippen LogP contribution is 2.19. The van der Waals surface area contributed by atoms with Gasteiger partial charge in [-0.3, -0.25) is 4.72 Å². The highest BCUT2D eigenvalue weighted by molar-refractivity contribution is 7.92. The fourth-order valence-electron chi connectivity index (χ4n) is 3.08. The maximum Gasteiger partial charge on any atom is 0.335 e. The van der Waals surface area contributed by atoms with Crippen molar-refractivity contribution in [3.8, 4) is 0 Å². The quantitative estimate of drug-likeness (QED) is 0.572. The fraction of sp³-hybridized carbons (Fsp3) is 0.174. The van der Waals surface area contributed by atoms with Gasteiger partial charge in [0, 0.05) is 5.69 Å². The lowest BCUT2D eigenvalue weighted by molar-refractivity contribution is 0.0695. The Morgan fingerprint density at radius 1 is 0.862 bits per heavy atom. The number of aryl methyl sites for hydroxylation is 3. The van der Waals surface area contributed by atoms with Gasteiger partial charge in [-0.25, -0.2) is 13.2 Å². The summed E-state index contributed by atoms with van der Waals surface area (Å²) in [7, 11) is -3.64. The van der Waals surface area contributed by atoms with Crippen LogP contribution in [0.1, 0.15) is 34.0 Å². The maximum atomic E-state index is 12.5. The van der Waals surface area contributed by atoms with Crippen LogP contribution >= 0.6 is 0 Å². The average molecular weight is 410 g/mol. The van der Waals surface area contributed by atoms with Crippen LogP contribution in [0.4, 0.5) is 5.69 Å². The molecule has 0 unspecified atom stereocenters. The zero-order chi connectivity index (χ0) is 20.9. The predicted octanol–water partition coefficient (Wildman–Crippen LogP) is 4.53. The third-order valence-electron chi connectivity index (χ3n) is 4.78. The number of carbonyl (C=O) groups is 1. The van der Waals surface area contributed by atoms with Gasteiger partial charge in [0.25, 0.3) is 10.0 Å². The molecule has 0 aliphatic carbocycles. The van der Waals surface area contributed by atoms with Gasteiger partial charge in [0.15, 0.2) is 0 Å². The van der Waals surface area contributed by atoms with Crippen LogP contribution in [0.2, 0.25) is 0 Å². The molecule has 29 heavy (non-hydrogen) atoms. The number of carboxylic acid groups (broad SMARTS) is 1. The van der Waals surface area contributed by atoms with E-state index in [-0.39, 0.29) is 4.90 Å². The normalized spacial score (nSPS) is 11.2. The number of carboxylic acids is 1. The number of hydrogen-bond donors (Lipinski definition) is 2. The summed E-state index contributed by atoms with van der Waals surface area (Å²) in [4.78, 5) is 11.5. The Balaban J connectivity index is 1.66. The van der Waals surface area contributed by atoms with E-state index < -0.39 is 16.0 Å². The lowest BCUT2D eigenvalue weighted by Crippen LogP contribution is -2.13. The first kappa shape index (κ1) is 20.6. The summed E-state index contributed by atoms with van der Waals surface area (Å²) in [6.45, 7) is 2.02. The molecule has 0 amide bonds. The first-order chi connectivity index (χ1) is 13.9. The standard InChI is InChI=1S/C23H23NO4S/c1-2-17-10-15-21(16-11-17)29(27,28)24-20-13-8-18(9-14-20)7-12-19-5-3-4-6-22(19)23(25)26/h3-6,8-11,13-16,24H,2,7,12H2,1H3,(H,25,26). The van der Waals surface area contributed by atoms with Crippen molar-refractivity contribution in [2.45, 2.75) is 31.1 Å². The summed E-state index contributed by atoms with van der Waals surface area (Å²) in [5, 5.41) is 9.27. The van der Waals surface area contributed by atoms with Gasteiger partial charge < -0.3 is 5.11 Å². The van der Waals surface area contributed by atoms with Crippen LogP contribution in [0.5, 0.6) is 0 Å². The van der Waals surface area contributed by atoms with E-state index in [0.717, 1.165) is 23.1 Å². The van der Waals surface area contributed by atoms with Crippen molar-refractivity contribution in [3.63, 3.8) is 0 Å². The van der Waals surface area contributed by atoms with Gasteiger partial charge in [0.05, 0.1) is 10.5 Å². The molecule has 0 bridgehead atoms. The number of nitrogens with one attached hydrogen (secondary N) is 1. The van der Waals surface area contributed by atoms with E-state index in [0.29, 0.717) is 24.1 Å². The molecule has 0 fully saturated rings. The first-order valence-corrected chi connectivity index (χ1v) is 10.9. The molecule has 0 aliphatic rings. The Labute approximate surface area is 171 Å². The monoisotopic (exact) mass is 409 g/mol. The second kappa shape index (κ2) is 8.92. The smallest absolute Gasteiger partial charge is 0.335 e. The van der Waals surface area contributed by atoms with Gasteiger partial charge >= 0.3 is 5.97 Å². The van der Waals surface area contributed by atoms with E-state index in [1.165, 1.54) is 0 Å². The van der Waals surface area contributed by atoms with Crippen LogP contribution in [0.3, 0.4) is 0 Å². The SMILES string of the molecule is CCc1ccc(S(=O)(=O)Nc2ccc(CCc3ccccc3C(=O)O)cc2)cc1. The highest BCUT2D eigenvalue weighted by atomic mass is 32.2. The molecule has 0 heterocycles. The zero-order valence-electron chi connectivity index (χ0n) is 16.1. The fourth-order valence-corrected chi connectivity index (χ4v) is 4.14. The molecule has 3 aromatic carbocycles. The molecule has 0 atom stereocenters. The Bertz CT molecular complexity index is 1090. The van der Waals surface area contributed by atoms with Gasteiger partial charge in [-0.1, -0.05) is 49.4 Å². The van der Waals surface area contributed by atoms with Crippen LogP contribution < -0.4 is 4.72 Å².